The summed E-state index contributed by atoms with van der Waals surface area (Å²) in [5.74, 6) is 0.281. The summed E-state index contributed by atoms with van der Waals surface area (Å²) in [7, 11) is 0. The predicted octanol–water partition coefficient (Wildman–Crippen LogP) is 4.65. The van der Waals surface area contributed by atoms with Gasteiger partial charge in [0, 0.05) is 4.88 Å². The zero-order chi connectivity index (χ0) is 14.2. The Labute approximate surface area is 118 Å². The molecule has 1 N–H and O–H groups in total. The van der Waals surface area contributed by atoms with Crippen LogP contribution < -0.4 is 5.32 Å². The number of nitrogens with zero attached hydrogens (tertiary/aromatic N) is 1. The van der Waals surface area contributed by atoms with Crippen LogP contribution in [-0.4, -0.2) is 4.98 Å². The predicted molar refractivity (Wildman–Crippen MR) is 72.9 cm³/mol. The summed E-state index contributed by atoms with van der Waals surface area (Å²) in [4.78, 5) is 4.98. The minimum atomic E-state index is -4.40. The third-order valence-electron chi connectivity index (χ3n) is 3.41. The molecule has 1 aliphatic rings. The van der Waals surface area contributed by atoms with Gasteiger partial charge in [0.1, 0.15) is 11.5 Å². The van der Waals surface area contributed by atoms with Crippen LogP contribution in [-0.2, 0) is 12.6 Å². The Morgan fingerprint density at radius 1 is 1.25 bits per heavy atom. The first-order valence-corrected chi connectivity index (χ1v) is 7.29. The Morgan fingerprint density at radius 2 is 2.10 bits per heavy atom. The van der Waals surface area contributed by atoms with Gasteiger partial charge in [-0.25, -0.2) is 4.98 Å². The van der Waals surface area contributed by atoms with Crippen molar-refractivity contribution in [2.45, 2.75) is 31.5 Å². The molecule has 0 saturated carbocycles. The van der Waals surface area contributed by atoms with Crippen LogP contribution in [0.25, 0.3) is 0 Å². The average molecular weight is 298 g/mol. The Morgan fingerprint density at radius 3 is 2.90 bits per heavy atom. The maximum atomic E-state index is 12.6. The quantitative estimate of drug-likeness (QED) is 0.873. The summed E-state index contributed by atoms with van der Waals surface area (Å²) in [6, 6.07) is 6.05. The fourth-order valence-corrected chi connectivity index (χ4v) is 3.48. The van der Waals surface area contributed by atoms with Gasteiger partial charge in [-0.2, -0.15) is 13.2 Å². The number of anilines is 1. The highest BCUT2D eigenvalue weighted by Gasteiger charge is 2.32. The van der Waals surface area contributed by atoms with E-state index < -0.39 is 11.9 Å². The van der Waals surface area contributed by atoms with Crippen molar-refractivity contribution in [3.05, 3.63) is 45.8 Å². The molecule has 0 spiro atoms. The molecule has 2 nitrogen and oxygen atoms in total. The van der Waals surface area contributed by atoms with Crippen molar-refractivity contribution in [3.8, 4) is 0 Å². The van der Waals surface area contributed by atoms with Crippen LogP contribution >= 0.6 is 11.3 Å². The average Bonchev–Trinajstić information content (AvgIpc) is 2.87. The summed E-state index contributed by atoms with van der Waals surface area (Å²) in [5.41, 5.74) is 0.337. The maximum absolute atomic E-state index is 12.6. The number of hydrogen-bond donors (Lipinski definition) is 1. The van der Waals surface area contributed by atoms with Gasteiger partial charge in [-0.3, -0.25) is 0 Å². The minimum absolute atomic E-state index is 0.0565. The van der Waals surface area contributed by atoms with Gasteiger partial charge in [-0.15, -0.1) is 11.3 Å². The van der Waals surface area contributed by atoms with Gasteiger partial charge in [0.05, 0.1) is 6.04 Å². The third-order valence-corrected chi connectivity index (χ3v) is 4.41. The largest absolute Gasteiger partial charge is 0.433 e. The van der Waals surface area contributed by atoms with Crippen molar-refractivity contribution in [2.24, 2.45) is 0 Å². The third kappa shape index (κ3) is 2.65. The summed E-state index contributed by atoms with van der Waals surface area (Å²) < 4.78 is 37.9. The number of hydrogen-bond acceptors (Lipinski definition) is 3. The number of aryl methyl sites for hydroxylation is 1. The van der Waals surface area contributed by atoms with E-state index in [1.807, 2.05) is 11.4 Å². The zero-order valence-electron chi connectivity index (χ0n) is 10.6. The highest BCUT2D eigenvalue weighted by Crippen LogP contribution is 2.35. The molecule has 0 radical (unpaired) electrons. The van der Waals surface area contributed by atoms with Crippen LogP contribution in [0.15, 0.2) is 29.6 Å². The van der Waals surface area contributed by atoms with Crippen molar-refractivity contribution < 1.29 is 13.2 Å². The monoisotopic (exact) mass is 298 g/mol. The molecule has 6 heteroatoms. The second-order valence-corrected chi connectivity index (χ2v) is 5.79. The number of halogens is 3. The molecule has 0 aliphatic heterocycles. The highest BCUT2D eigenvalue weighted by molar-refractivity contribution is 7.10. The van der Waals surface area contributed by atoms with E-state index in [9.17, 15) is 13.2 Å². The molecule has 1 aliphatic carbocycles. The van der Waals surface area contributed by atoms with Crippen molar-refractivity contribution in [3.63, 3.8) is 0 Å². The SMILES string of the molecule is FC(F)(F)c1cccc(NC2CCCc3sccc32)n1. The molecule has 106 valence electrons. The number of nitrogens with one attached hydrogen (secondary N) is 1. The molecule has 0 aromatic carbocycles. The minimum Gasteiger partial charge on any atom is -0.363 e. The van der Waals surface area contributed by atoms with Gasteiger partial charge in [0.15, 0.2) is 0 Å². The van der Waals surface area contributed by atoms with Crippen LogP contribution in [0.3, 0.4) is 0 Å². The van der Waals surface area contributed by atoms with E-state index in [1.165, 1.54) is 16.5 Å². The Hall–Kier alpha value is -1.56. The number of alkyl halides is 3. The molecule has 3 rings (SSSR count). The van der Waals surface area contributed by atoms with Crippen LogP contribution in [0.2, 0.25) is 0 Å². The van der Waals surface area contributed by atoms with Gasteiger partial charge in [0.25, 0.3) is 0 Å². The molecule has 2 heterocycles. The smallest absolute Gasteiger partial charge is 0.363 e. The summed E-state index contributed by atoms with van der Waals surface area (Å²) in [6.07, 6.45) is -1.38. The highest BCUT2D eigenvalue weighted by atomic mass is 32.1. The lowest BCUT2D eigenvalue weighted by molar-refractivity contribution is -0.141. The van der Waals surface area contributed by atoms with Crippen LogP contribution in [0.5, 0.6) is 0 Å². The van der Waals surface area contributed by atoms with E-state index in [4.69, 9.17) is 0 Å². The first-order valence-electron chi connectivity index (χ1n) is 6.41. The Balaban J connectivity index is 1.83. The number of aromatic nitrogens is 1. The molecule has 2 aromatic heterocycles. The maximum Gasteiger partial charge on any atom is 0.433 e. The van der Waals surface area contributed by atoms with Gasteiger partial charge in [0.2, 0.25) is 0 Å². The summed E-state index contributed by atoms with van der Waals surface area (Å²) in [5, 5.41) is 5.16. The van der Waals surface area contributed by atoms with E-state index in [-0.39, 0.29) is 11.9 Å². The molecule has 0 bridgehead atoms. The number of pyridine rings is 1. The van der Waals surface area contributed by atoms with E-state index >= 15 is 0 Å². The lowest BCUT2D eigenvalue weighted by atomic mass is 9.94. The summed E-state index contributed by atoms with van der Waals surface area (Å²) in [6.45, 7) is 0. The first-order chi connectivity index (χ1) is 9.54. The lowest BCUT2D eigenvalue weighted by Crippen LogP contribution is -2.17. The molecular weight excluding hydrogens is 285 g/mol. The summed E-state index contributed by atoms with van der Waals surface area (Å²) >= 11 is 1.71. The van der Waals surface area contributed by atoms with Crippen molar-refractivity contribution in [1.82, 2.24) is 4.98 Å². The number of thiophene rings is 1. The fraction of sp³-hybridized carbons (Fsp3) is 0.357. The van der Waals surface area contributed by atoms with Gasteiger partial charge >= 0.3 is 6.18 Å². The van der Waals surface area contributed by atoms with Crippen molar-refractivity contribution in [2.75, 3.05) is 5.32 Å². The van der Waals surface area contributed by atoms with Gasteiger partial charge < -0.3 is 5.32 Å². The Bertz CT molecular complexity index is 606. The van der Waals surface area contributed by atoms with Crippen molar-refractivity contribution >= 4 is 17.2 Å². The zero-order valence-corrected chi connectivity index (χ0v) is 11.4. The lowest BCUT2D eigenvalue weighted by Gasteiger charge is -2.24. The molecule has 0 saturated heterocycles. The van der Waals surface area contributed by atoms with E-state index in [0.717, 1.165) is 25.3 Å². The van der Waals surface area contributed by atoms with Gasteiger partial charge in [-0.05, 0) is 48.4 Å². The molecule has 1 atom stereocenters. The normalized spacial score (nSPS) is 18.6. The topological polar surface area (TPSA) is 24.9 Å². The number of fused-ring (bicyclic) bond motifs is 1. The van der Waals surface area contributed by atoms with E-state index in [2.05, 4.69) is 10.3 Å². The first kappa shape index (κ1) is 13.4. The van der Waals surface area contributed by atoms with E-state index in [1.54, 1.807) is 17.4 Å². The fourth-order valence-electron chi connectivity index (χ4n) is 2.49. The van der Waals surface area contributed by atoms with Gasteiger partial charge in [-0.1, -0.05) is 6.07 Å². The molecule has 0 amide bonds. The Kier molecular flexibility index (Phi) is 3.41. The van der Waals surface area contributed by atoms with Crippen molar-refractivity contribution in [1.29, 1.82) is 0 Å². The molecule has 20 heavy (non-hydrogen) atoms. The molecular formula is C14H13F3N2S. The van der Waals surface area contributed by atoms with Crippen LogP contribution in [0, 0.1) is 0 Å². The molecule has 2 aromatic rings. The van der Waals surface area contributed by atoms with Crippen LogP contribution in [0.4, 0.5) is 19.0 Å². The number of rotatable bonds is 2. The molecule has 1 unspecified atom stereocenters. The second kappa shape index (κ2) is 5.09. The standard InChI is InChI=1S/C14H13F3N2S/c15-14(16,17)12-5-2-6-13(19-12)18-10-3-1-4-11-9(10)7-8-20-11/h2,5-8,10H,1,3-4H2,(H,18,19). The van der Waals surface area contributed by atoms with E-state index in [0.29, 0.717) is 0 Å². The second-order valence-electron chi connectivity index (χ2n) is 4.79. The molecule has 0 fully saturated rings. The van der Waals surface area contributed by atoms with Crippen LogP contribution in [0.1, 0.15) is 35.0 Å².